The lowest BCUT2D eigenvalue weighted by atomic mass is 9.91. The molecular formula is C46H31N5. The van der Waals surface area contributed by atoms with E-state index >= 15 is 0 Å². The Hall–Kier alpha value is -6.87. The minimum Gasteiger partial charge on any atom is -0.313 e. The normalized spacial score (nSPS) is 13.9. The molecule has 4 aromatic carbocycles. The van der Waals surface area contributed by atoms with E-state index in [9.17, 15) is 15.8 Å². The summed E-state index contributed by atoms with van der Waals surface area (Å²) in [6.07, 6.45) is 22.1. The van der Waals surface area contributed by atoms with E-state index in [-0.39, 0.29) is 0 Å². The van der Waals surface area contributed by atoms with Gasteiger partial charge in [-0.3, -0.25) is 0 Å². The zero-order valence-corrected chi connectivity index (χ0v) is 27.9. The first-order valence-electron chi connectivity index (χ1n) is 17.4. The molecule has 0 N–H and O–H groups in total. The van der Waals surface area contributed by atoms with Crippen molar-refractivity contribution in [3.05, 3.63) is 160 Å². The van der Waals surface area contributed by atoms with E-state index in [1.165, 1.54) is 22.5 Å². The molecular weight excluding hydrogens is 623 g/mol. The number of fused-ring (bicyclic) bond motifs is 6. The molecule has 6 aromatic rings. The van der Waals surface area contributed by atoms with Crippen LogP contribution in [0.5, 0.6) is 0 Å². The van der Waals surface area contributed by atoms with Gasteiger partial charge in [0, 0.05) is 45.7 Å². The summed E-state index contributed by atoms with van der Waals surface area (Å²) in [4.78, 5) is 0. The first-order chi connectivity index (χ1) is 25.2. The standard InChI is InChI=1S/C46H31N5/c47-27-30-18-20-45(51-44-15-3-1-2-12-39(44)41-25-31(28-48)19-21-46(41)51)40(24-30)36-11-5-4-10-35(36)33-22-32(29-49)23-34(26-33)50-42-16-8-6-13-37(42)38-14-7-9-17-43(38)50/h1-6,9-13,17-26H,7-8,14-16H2. The SMILES string of the molecule is N#Cc1cc(-c2ccccc2-c2cc(C#N)ccc2-n2c3c(c4cc(C#N)ccc42)C=CC=CC3)cc(-n2c3c(c4c2CCC=C4)CCC=C3)c1. The third-order valence-corrected chi connectivity index (χ3v) is 10.4. The van der Waals surface area contributed by atoms with Gasteiger partial charge in [-0.2, -0.15) is 15.8 Å². The smallest absolute Gasteiger partial charge is 0.0992 e. The molecule has 5 heteroatoms. The Bertz CT molecular complexity index is 2700. The lowest BCUT2D eigenvalue weighted by Crippen LogP contribution is -2.06. The molecule has 3 aliphatic rings. The van der Waals surface area contributed by atoms with Crippen molar-refractivity contribution in [1.82, 2.24) is 9.13 Å². The molecule has 0 saturated heterocycles. The van der Waals surface area contributed by atoms with Crippen molar-refractivity contribution in [2.24, 2.45) is 0 Å². The van der Waals surface area contributed by atoms with Gasteiger partial charge in [0.1, 0.15) is 0 Å². The van der Waals surface area contributed by atoms with E-state index in [2.05, 4.69) is 94.1 Å². The van der Waals surface area contributed by atoms with Gasteiger partial charge in [0.05, 0.1) is 46.1 Å². The molecule has 0 aliphatic heterocycles. The summed E-state index contributed by atoms with van der Waals surface area (Å²) >= 11 is 0. The van der Waals surface area contributed by atoms with Crippen LogP contribution in [0.3, 0.4) is 0 Å². The fourth-order valence-electron chi connectivity index (χ4n) is 8.19. The topological polar surface area (TPSA) is 81.2 Å². The van der Waals surface area contributed by atoms with Crippen molar-refractivity contribution in [3.8, 4) is 51.8 Å². The van der Waals surface area contributed by atoms with Gasteiger partial charge in [0.25, 0.3) is 0 Å². The van der Waals surface area contributed by atoms with E-state index in [4.69, 9.17) is 0 Å². The van der Waals surface area contributed by atoms with Gasteiger partial charge in [-0.25, -0.2) is 0 Å². The molecule has 9 rings (SSSR count). The lowest BCUT2D eigenvalue weighted by Gasteiger charge is -2.20. The average molecular weight is 654 g/mol. The van der Waals surface area contributed by atoms with Crippen LogP contribution in [0.1, 0.15) is 63.3 Å². The number of benzene rings is 4. The zero-order valence-electron chi connectivity index (χ0n) is 27.9. The molecule has 0 bridgehead atoms. The number of allylic oxidation sites excluding steroid dienone is 5. The second kappa shape index (κ2) is 12.2. The summed E-state index contributed by atoms with van der Waals surface area (Å²) in [5, 5.41) is 31.2. The van der Waals surface area contributed by atoms with Crippen molar-refractivity contribution in [2.75, 3.05) is 0 Å². The molecule has 0 unspecified atom stereocenters. The first-order valence-corrected chi connectivity index (χ1v) is 17.4. The van der Waals surface area contributed by atoms with Crippen LogP contribution in [0.2, 0.25) is 0 Å². The minimum atomic E-state index is 0.564. The molecule has 51 heavy (non-hydrogen) atoms. The van der Waals surface area contributed by atoms with Crippen molar-refractivity contribution >= 4 is 29.1 Å². The molecule has 2 heterocycles. The van der Waals surface area contributed by atoms with Gasteiger partial charge in [-0.1, -0.05) is 66.8 Å². The maximum absolute atomic E-state index is 10.4. The second-order valence-corrected chi connectivity index (χ2v) is 13.2. The average Bonchev–Trinajstić information content (AvgIpc) is 3.56. The van der Waals surface area contributed by atoms with Gasteiger partial charge in [0.15, 0.2) is 0 Å². The molecule has 3 aliphatic carbocycles. The van der Waals surface area contributed by atoms with E-state index in [0.717, 1.165) is 81.5 Å². The van der Waals surface area contributed by atoms with Crippen molar-refractivity contribution in [3.63, 3.8) is 0 Å². The van der Waals surface area contributed by atoms with E-state index in [1.54, 1.807) is 0 Å². The minimum absolute atomic E-state index is 0.564. The van der Waals surface area contributed by atoms with Crippen molar-refractivity contribution < 1.29 is 0 Å². The summed E-state index contributed by atoms with van der Waals surface area (Å²) in [6.45, 7) is 0. The predicted molar refractivity (Wildman–Crippen MR) is 204 cm³/mol. The van der Waals surface area contributed by atoms with Crippen LogP contribution in [-0.2, 0) is 19.3 Å². The van der Waals surface area contributed by atoms with E-state index in [0.29, 0.717) is 23.1 Å². The van der Waals surface area contributed by atoms with Crippen LogP contribution in [0.15, 0.2) is 109 Å². The molecule has 0 spiro atoms. The quantitative estimate of drug-likeness (QED) is 0.190. The maximum atomic E-state index is 10.4. The van der Waals surface area contributed by atoms with Gasteiger partial charge in [0.2, 0.25) is 0 Å². The van der Waals surface area contributed by atoms with E-state index in [1.807, 2.05) is 60.7 Å². The van der Waals surface area contributed by atoms with Crippen LogP contribution in [0.25, 0.3) is 62.8 Å². The molecule has 0 saturated carbocycles. The zero-order chi connectivity index (χ0) is 34.5. The Kier molecular flexibility index (Phi) is 7.24. The van der Waals surface area contributed by atoms with Crippen LogP contribution in [-0.4, -0.2) is 9.13 Å². The Balaban J connectivity index is 1.29. The highest BCUT2D eigenvalue weighted by Gasteiger charge is 2.25. The van der Waals surface area contributed by atoms with Crippen molar-refractivity contribution in [1.29, 1.82) is 15.8 Å². The maximum Gasteiger partial charge on any atom is 0.0992 e. The Labute approximate surface area is 296 Å². The number of hydrogen-bond acceptors (Lipinski definition) is 3. The third kappa shape index (κ3) is 4.89. The number of nitrogens with zero attached hydrogens (tertiary/aromatic N) is 5. The monoisotopic (exact) mass is 653 g/mol. The van der Waals surface area contributed by atoms with Gasteiger partial charge in [-0.15, -0.1) is 0 Å². The van der Waals surface area contributed by atoms with Crippen LogP contribution < -0.4 is 0 Å². The fourth-order valence-corrected chi connectivity index (χ4v) is 8.19. The third-order valence-electron chi connectivity index (χ3n) is 10.4. The summed E-state index contributed by atoms with van der Waals surface area (Å²) in [7, 11) is 0. The van der Waals surface area contributed by atoms with Crippen LogP contribution in [0, 0.1) is 34.0 Å². The largest absolute Gasteiger partial charge is 0.313 e. The van der Waals surface area contributed by atoms with Crippen molar-refractivity contribution in [2.45, 2.75) is 32.1 Å². The molecule has 240 valence electrons. The summed E-state index contributed by atoms with van der Waals surface area (Å²) < 4.78 is 4.66. The number of nitriles is 3. The highest BCUT2D eigenvalue weighted by Crippen LogP contribution is 2.42. The second-order valence-electron chi connectivity index (χ2n) is 13.2. The molecule has 0 fully saturated rings. The molecule has 0 radical (unpaired) electrons. The Morgan fingerprint density at radius 1 is 0.569 bits per heavy atom. The highest BCUT2D eigenvalue weighted by atomic mass is 15.0. The molecule has 0 amide bonds. The van der Waals surface area contributed by atoms with Gasteiger partial charge >= 0.3 is 0 Å². The molecule has 2 aromatic heterocycles. The van der Waals surface area contributed by atoms with Crippen LogP contribution in [0.4, 0.5) is 0 Å². The predicted octanol–water partition coefficient (Wildman–Crippen LogP) is 10.4. The summed E-state index contributed by atoms with van der Waals surface area (Å²) in [6, 6.07) is 33.4. The molecule has 0 atom stereocenters. The Morgan fingerprint density at radius 3 is 2.22 bits per heavy atom. The number of aromatic nitrogens is 2. The number of rotatable bonds is 4. The fraction of sp³-hybridized carbons (Fsp3) is 0.109. The summed E-state index contributed by atoms with van der Waals surface area (Å²) in [5.74, 6) is 0. The van der Waals surface area contributed by atoms with E-state index < -0.39 is 0 Å². The van der Waals surface area contributed by atoms with Gasteiger partial charge < -0.3 is 9.13 Å². The molecule has 5 nitrogen and oxygen atoms in total. The number of hydrogen-bond donors (Lipinski definition) is 0. The first kappa shape index (κ1) is 30.2. The van der Waals surface area contributed by atoms with Gasteiger partial charge in [-0.05, 0) is 114 Å². The Morgan fingerprint density at radius 2 is 1.35 bits per heavy atom. The highest BCUT2D eigenvalue weighted by molar-refractivity contribution is 5.96. The lowest BCUT2D eigenvalue weighted by molar-refractivity contribution is 0.868. The summed E-state index contributed by atoms with van der Waals surface area (Å²) in [5.41, 5.74) is 15.9. The van der Waals surface area contributed by atoms with Crippen LogP contribution >= 0.6 is 0 Å².